The van der Waals surface area contributed by atoms with Crippen LogP contribution in [0.5, 0.6) is 0 Å². The van der Waals surface area contributed by atoms with Gasteiger partial charge in [0.2, 0.25) is 5.91 Å². The van der Waals surface area contributed by atoms with Crippen LogP contribution in [0.1, 0.15) is 23.2 Å². The van der Waals surface area contributed by atoms with Gasteiger partial charge in [-0.15, -0.1) is 0 Å². The van der Waals surface area contributed by atoms with Gasteiger partial charge >= 0.3 is 0 Å². The molecule has 1 heterocycles. The van der Waals surface area contributed by atoms with Gasteiger partial charge in [0, 0.05) is 31.5 Å². The van der Waals surface area contributed by atoms with Crippen molar-refractivity contribution in [2.45, 2.75) is 12.8 Å². The number of carbonyl (C=O) groups excluding carboxylic acids is 2. The van der Waals surface area contributed by atoms with Crippen LogP contribution < -0.4 is 0 Å². The van der Waals surface area contributed by atoms with Gasteiger partial charge in [-0.05, 0) is 0 Å². The second-order valence-electron chi connectivity index (χ2n) is 4.06. The van der Waals surface area contributed by atoms with E-state index < -0.39 is 0 Å². The predicted molar refractivity (Wildman–Crippen MR) is 65.7 cm³/mol. The van der Waals surface area contributed by atoms with E-state index in [0.29, 0.717) is 31.5 Å². The molecule has 1 amide bonds. The van der Waals surface area contributed by atoms with E-state index in [-0.39, 0.29) is 11.7 Å². The standard InChI is InChI=1S/C14H15NO2/c16-13(12-6-2-1-3-7-12)8-9-14(17)15-10-4-5-11-15/h1-7H,8-11H2. The summed E-state index contributed by atoms with van der Waals surface area (Å²) in [6, 6.07) is 9.10. The lowest BCUT2D eigenvalue weighted by atomic mass is 10.1. The largest absolute Gasteiger partial charge is 0.335 e. The van der Waals surface area contributed by atoms with E-state index in [0.717, 1.165) is 0 Å². The summed E-state index contributed by atoms with van der Waals surface area (Å²) in [6.07, 6.45) is 4.53. The molecule has 0 radical (unpaired) electrons. The molecular weight excluding hydrogens is 214 g/mol. The Bertz CT molecular complexity index is 429. The molecule has 3 heteroatoms. The molecule has 1 aromatic rings. The van der Waals surface area contributed by atoms with Gasteiger partial charge in [0.15, 0.2) is 5.78 Å². The van der Waals surface area contributed by atoms with Crippen molar-refractivity contribution in [2.24, 2.45) is 0 Å². The molecule has 0 aliphatic carbocycles. The molecule has 0 unspecified atom stereocenters. The fraction of sp³-hybridized carbons (Fsp3) is 0.286. The lowest BCUT2D eigenvalue weighted by molar-refractivity contribution is -0.129. The van der Waals surface area contributed by atoms with Gasteiger partial charge in [0.25, 0.3) is 0 Å². The van der Waals surface area contributed by atoms with Gasteiger partial charge in [-0.2, -0.15) is 0 Å². The molecule has 0 fully saturated rings. The zero-order valence-corrected chi connectivity index (χ0v) is 9.63. The van der Waals surface area contributed by atoms with E-state index in [1.807, 2.05) is 30.4 Å². The number of nitrogens with zero attached hydrogens (tertiary/aromatic N) is 1. The summed E-state index contributed by atoms with van der Waals surface area (Å²) in [5.41, 5.74) is 0.680. The van der Waals surface area contributed by atoms with E-state index in [9.17, 15) is 9.59 Å². The van der Waals surface area contributed by atoms with Crippen LogP contribution in [0.15, 0.2) is 42.5 Å². The number of ketones is 1. The summed E-state index contributed by atoms with van der Waals surface area (Å²) in [4.78, 5) is 25.2. The maximum absolute atomic E-state index is 11.8. The molecule has 0 spiro atoms. The van der Waals surface area contributed by atoms with E-state index >= 15 is 0 Å². The first-order valence-electron chi connectivity index (χ1n) is 5.78. The average molecular weight is 229 g/mol. The summed E-state index contributed by atoms with van der Waals surface area (Å²) in [6.45, 7) is 1.36. The third kappa shape index (κ3) is 3.03. The van der Waals surface area contributed by atoms with Crippen molar-refractivity contribution in [1.82, 2.24) is 4.90 Å². The number of rotatable bonds is 4. The number of amides is 1. The SMILES string of the molecule is O=C(CCC(=O)N1CC=CC1)c1ccccc1. The molecular formula is C14H15NO2. The molecule has 1 aromatic carbocycles. The van der Waals surface area contributed by atoms with Crippen LogP contribution in [-0.2, 0) is 4.79 Å². The minimum Gasteiger partial charge on any atom is -0.335 e. The van der Waals surface area contributed by atoms with E-state index in [4.69, 9.17) is 0 Å². The highest BCUT2D eigenvalue weighted by Gasteiger charge is 2.15. The summed E-state index contributed by atoms with van der Waals surface area (Å²) in [5.74, 6) is 0.0883. The number of hydrogen-bond acceptors (Lipinski definition) is 2. The fourth-order valence-corrected chi connectivity index (χ4v) is 1.83. The van der Waals surface area contributed by atoms with Crippen molar-refractivity contribution in [3.63, 3.8) is 0 Å². The van der Waals surface area contributed by atoms with Crippen molar-refractivity contribution in [3.05, 3.63) is 48.0 Å². The second kappa shape index (κ2) is 5.43. The minimum absolute atomic E-state index is 0.0334. The van der Waals surface area contributed by atoms with Gasteiger partial charge < -0.3 is 4.90 Å². The number of carbonyl (C=O) groups is 2. The Balaban J connectivity index is 1.82. The Morgan fingerprint density at radius 2 is 1.65 bits per heavy atom. The van der Waals surface area contributed by atoms with Crippen LogP contribution in [0, 0.1) is 0 Å². The van der Waals surface area contributed by atoms with Gasteiger partial charge in [0.05, 0.1) is 0 Å². The summed E-state index contributed by atoms with van der Waals surface area (Å²) in [5, 5.41) is 0. The van der Waals surface area contributed by atoms with Crippen molar-refractivity contribution in [2.75, 3.05) is 13.1 Å². The molecule has 0 aromatic heterocycles. The smallest absolute Gasteiger partial charge is 0.223 e. The minimum atomic E-state index is 0.0334. The van der Waals surface area contributed by atoms with Gasteiger partial charge in [-0.25, -0.2) is 0 Å². The molecule has 0 saturated carbocycles. The fourth-order valence-electron chi connectivity index (χ4n) is 1.83. The number of hydrogen-bond donors (Lipinski definition) is 0. The van der Waals surface area contributed by atoms with Crippen LogP contribution in [0.4, 0.5) is 0 Å². The molecule has 0 atom stereocenters. The molecule has 1 aliphatic heterocycles. The van der Waals surface area contributed by atoms with Crippen LogP contribution in [0.25, 0.3) is 0 Å². The van der Waals surface area contributed by atoms with Crippen LogP contribution >= 0.6 is 0 Å². The third-order valence-electron chi connectivity index (χ3n) is 2.83. The predicted octanol–water partition coefficient (Wildman–Crippen LogP) is 2.05. The van der Waals surface area contributed by atoms with Crippen molar-refractivity contribution in [3.8, 4) is 0 Å². The normalized spacial score (nSPS) is 14.0. The Morgan fingerprint density at radius 3 is 2.29 bits per heavy atom. The number of benzene rings is 1. The monoisotopic (exact) mass is 229 g/mol. The Kier molecular flexibility index (Phi) is 3.70. The van der Waals surface area contributed by atoms with Crippen LogP contribution in [-0.4, -0.2) is 29.7 Å². The van der Waals surface area contributed by atoms with Crippen LogP contribution in [0.2, 0.25) is 0 Å². The average Bonchev–Trinajstić information content (AvgIpc) is 2.90. The first kappa shape index (κ1) is 11.6. The van der Waals surface area contributed by atoms with Gasteiger partial charge in [-0.1, -0.05) is 42.5 Å². The second-order valence-corrected chi connectivity index (χ2v) is 4.06. The lowest BCUT2D eigenvalue weighted by Gasteiger charge is -2.14. The van der Waals surface area contributed by atoms with E-state index in [1.165, 1.54) is 0 Å². The molecule has 2 rings (SSSR count). The summed E-state index contributed by atoms with van der Waals surface area (Å²) >= 11 is 0. The van der Waals surface area contributed by atoms with Crippen molar-refractivity contribution < 1.29 is 9.59 Å². The zero-order chi connectivity index (χ0) is 12.1. The number of Topliss-reactive ketones (excluding diaryl/α,β-unsaturated/α-hetero) is 1. The highest BCUT2D eigenvalue weighted by Crippen LogP contribution is 2.08. The highest BCUT2D eigenvalue weighted by molar-refractivity contribution is 5.97. The molecule has 17 heavy (non-hydrogen) atoms. The van der Waals surface area contributed by atoms with Crippen molar-refractivity contribution in [1.29, 1.82) is 0 Å². The molecule has 3 nitrogen and oxygen atoms in total. The Labute approximate surface area is 101 Å². The Hall–Kier alpha value is -1.90. The van der Waals surface area contributed by atoms with Crippen molar-refractivity contribution >= 4 is 11.7 Å². The molecule has 0 bridgehead atoms. The maximum atomic E-state index is 11.8. The van der Waals surface area contributed by atoms with Gasteiger partial charge in [-0.3, -0.25) is 9.59 Å². The quantitative estimate of drug-likeness (QED) is 0.585. The lowest BCUT2D eigenvalue weighted by Crippen LogP contribution is -2.28. The summed E-state index contributed by atoms with van der Waals surface area (Å²) < 4.78 is 0. The van der Waals surface area contributed by atoms with E-state index in [1.54, 1.807) is 17.0 Å². The summed E-state index contributed by atoms with van der Waals surface area (Å²) in [7, 11) is 0. The maximum Gasteiger partial charge on any atom is 0.223 e. The van der Waals surface area contributed by atoms with E-state index in [2.05, 4.69) is 0 Å². The third-order valence-corrected chi connectivity index (χ3v) is 2.83. The first-order valence-corrected chi connectivity index (χ1v) is 5.78. The molecule has 88 valence electrons. The molecule has 0 saturated heterocycles. The Morgan fingerprint density at radius 1 is 1.00 bits per heavy atom. The highest BCUT2D eigenvalue weighted by atomic mass is 16.2. The van der Waals surface area contributed by atoms with Crippen LogP contribution in [0.3, 0.4) is 0 Å². The van der Waals surface area contributed by atoms with Gasteiger partial charge in [0.1, 0.15) is 0 Å². The molecule has 0 N–H and O–H groups in total. The zero-order valence-electron chi connectivity index (χ0n) is 9.63. The molecule has 1 aliphatic rings. The topological polar surface area (TPSA) is 37.4 Å². The first-order chi connectivity index (χ1) is 8.27.